The van der Waals surface area contributed by atoms with E-state index in [9.17, 15) is 4.79 Å². The average Bonchev–Trinajstić information content (AvgIpc) is 2.27. The summed E-state index contributed by atoms with van der Waals surface area (Å²) in [6, 6.07) is 0. The van der Waals surface area contributed by atoms with Gasteiger partial charge in [-0.15, -0.1) is 0 Å². The Morgan fingerprint density at radius 1 is 1.13 bits per heavy atom. The highest BCUT2D eigenvalue weighted by Crippen LogP contribution is 2.29. The summed E-state index contributed by atoms with van der Waals surface area (Å²) in [5, 5.41) is 3.05. The van der Waals surface area contributed by atoms with Crippen molar-refractivity contribution in [2.75, 3.05) is 6.54 Å². The van der Waals surface area contributed by atoms with Gasteiger partial charge in [-0.25, -0.2) is 0 Å². The van der Waals surface area contributed by atoms with Crippen molar-refractivity contribution in [3.63, 3.8) is 0 Å². The second kappa shape index (κ2) is 6.86. The maximum atomic E-state index is 11.3. The van der Waals surface area contributed by atoms with Crippen molar-refractivity contribution in [1.29, 1.82) is 0 Å². The third kappa shape index (κ3) is 4.67. The molecular weight excluding hydrogens is 186 g/mol. The van der Waals surface area contributed by atoms with E-state index in [4.69, 9.17) is 0 Å². The van der Waals surface area contributed by atoms with Crippen LogP contribution >= 0.6 is 0 Å². The molecule has 1 saturated carbocycles. The van der Waals surface area contributed by atoms with Gasteiger partial charge in [0.1, 0.15) is 0 Å². The van der Waals surface area contributed by atoms with Crippen LogP contribution in [0.4, 0.5) is 0 Å². The summed E-state index contributed by atoms with van der Waals surface area (Å²) >= 11 is 0. The standard InChI is InChI=1S/C13H25NO/c1-3-5-13(15)14-10-12-8-6-11(4-2)7-9-12/h11-12H,3-10H2,1-2H3,(H,14,15). The van der Waals surface area contributed by atoms with Gasteiger partial charge in [0.05, 0.1) is 0 Å². The van der Waals surface area contributed by atoms with E-state index in [0.29, 0.717) is 6.42 Å². The van der Waals surface area contributed by atoms with E-state index in [1.165, 1.54) is 32.1 Å². The van der Waals surface area contributed by atoms with Gasteiger partial charge in [0.25, 0.3) is 0 Å². The monoisotopic (exact) mass is 211 g/mol. The lowest BCUT2D eigenvalue weighted by Crippen LogP contribution is -2.30. The Morgan fingerprint density at radius 2 is 1.73 bits per heavy atom. The molecule has 0 spiro atoms. The highest BCUT2D eigenvalue weighted by molar-refractivity contribution is 5.75. The van der Waals surface area contributed by atoms with Crippen LogP contribution in [0.1, 0.15) is 58.8 Å². The minimum absolute atomic E-state index is 0.232. The van der Waals surface area contributed by atoms with Gasteiger partial charge in [0.15, 0.2) is 0 Å². The average molecular weight is 211 g/mol. The van der Waals surface area contributed by atoms with E-state index in [2.05, 4.69) is 12.2 Å². The molecule has 2 nitrogen and oxygen atoms in total. The van der Waals surface area contributed by atoms with Gasteiger partial charge >= 0.3 is 0 Å². The Hall–Kier alpha value is -0.530. The molecule has 2 heteroatoms. The topological polar surface area (TPSA) is 29.1 Å². The second-order valence-corrected chi connectivity index (χ2v) is 4.85. The molecule has 1 amide bonds. The molecule has 0 atom stereocenters. The van der Waals surface area contributed by atoms with Crippen molar-refractivity contribution in [2.24, 2.45) is 11.8 Å². The van der Waals surface area contributed by atoms with Crippen molar-refractivity contribution in [3.8, 4) is 0 Å². The highest BCUT2D eigenvalue weighted by atomic mass is 16.1. The molecule has 1 fully saturated rings. The first-order valence-electron chi connectivity index (χ1n) is 6.52. The van der Waals surface area contributed by atoms with Crippen molar-refractivity contribution in [2.45, 2.75) is 58.8 Å². The Bertz CT molecular complexity index is 183. The number of hydrogen-bond acceptors (Lipinski definition) is 1. The lowest BCUT2D eigenvalue weighted by atomic mass is 9.81. The Kier molecular flexibility index (Phi) is 5.74. The first-order chi connectivity index (χ1) is 7.26. The van der Waals surface area contributed by atoms with Gasteiger partial charge in [-0.1, -0.05) is 33.1 Å². The van der Waals surface area contributed by atoms with E-state index in [1.54, 1.807) is 0 Å². The summed E-state index contributed by atoms with van der Waals surface area (Å²) in [5.74, 6) is 1.93. The van der Waals surface area contributed by atoms with Gasteiger partial charge in [0, 0.05) is 13.0 Å². The molecule has 0 aromatic carbocycles. The van der Waals surface area contributed by atoms with Crippen LogP contribution in [-0.2, 0) is 4.79 Å². The first-order valence-corrected chi connectivity index (χ1v) is 6.52. The predicted molar refractivity (Wildman–Crippen MR) is 63.7 cm³/mol. The van der Waals surface area contributed by atoms with E-state index in [0.717, 1.165) is 24.8 Å². The van der Waals surface area contributed by atoms with Crippen molar-refractivity contribution < 1.29 is 4.79 Å². The Morgan fingerprint density at radius 3 is 2.27 bits per heavy atom. The number of carbonyl (C=O) groups is 1. The summed E-state index contributed by atoms with van der Waals surface area (Å²) in [6.07, 6.45) is 8.32. The molecule has 88 valence electrons. The molecule has 0 bridgehead atoms. The smallest absolute Gasteiger partial charge is 0.219 e. The minimum atomic E-state index is 0.232. The summed E-state index contributed by atoms with van der Waals surface area (Å²) in [4.78, 5) is 11.3. The van der Waals surface area contributed by atoms with E-state index in [1.807, 2.05) is 6.92 Å². The molecule has 1 N–H and O–H groups in total. The van der Waals surface area contributed by atoms with Crippen LogP contribution in [0.3, 0.4) is 0 Å². The van der Waals surface area contributed by atoms with E-state index in [-0.39, 0.29) is 5.91 Å². The third-order valence-electron chi connectivity index (χ3n) is 3.61. The molecule has 0 aliphatic heterocycles. The largest absolute Gasteiger partial charge is 0.356 e. The number of rotatable bonds is 5. The summed E-state index contributed by atoms with van der Waals surface area (Å²) < 4.78 is 0. The normalized spacial score (nSPS) is 26.3. The zero-order valence-corrected chi connectivity index (χ0v) is 10.2. The lowest BCUT2D eigenvalue weighted by molar-refractivity contribution is -0.121. The van der Waals surface area contributed by atoms with Crippen LogP contribution < -0.4 is 5.32 Å². The molecule has 0 radical (unpaired) electrons. The van der Waals surface area contributed by atoms with Gasteiger partial charge in [-0.05, 0) is 31.1 Å². The highest BCUT2D eigenvalue weighted by Gasteiger charge is 2.19. The summed E-state index contributed by atoms with van der Waals surface area (Å²) in [5.41, 5.74) is 0. The van der Waals surface area contributed by atoms with E-state index < -0.39 is 0 Å². The number of amides is 1. The Labute approximate surface area is 93.8 Å². The molecule has 0 unspecified atom stereocenters. The van der Waals surface area contributed by atoms with Gasteiger partial charge < -0.3 is 5.32 Å². The fourth-order valence-corrected chi connectivity index (χ4v) is 2.42. The van der Waals surface area contributed by atoms with Crippen LogP contribution in [0.2, 0.25) is 0 Å². The van der Waals surface area contributed by atoms with Crippen LogP contribution in [0.25, 0.3) is 0 Å². The lowest BCUT2D eigenvalue weighted by Gasteiger charge is -2.27. The molecule has 0 saturated heterocycles. The van der Waals surface area contributed by atoms with Crippen molar-refractivity contribution >= 4 is 5.91 Å². The maximum Gasteiger partial charge on any atom is 0.219 e. The summed E-state index contributed by atoms with van der Waals surface area (Å²) in [6.45, 7) is 5.25. The van der Waals surface area contributed by atoms with Crippen LogP contribution in [-0.4, -0.2) is 12.5 Å². The predicted octanol–water partition coefficient (Wildman–Crippen LogP) is 3.12. The molecule has 0 heterocycles. The third-order valence-corrected chi connectivity index (χ3v) is 3.61. The molecule has 0 aromatic rings. The molecule has 1 aliphatic carbocycles. The van der Waals surface area contributed by atoms with Crippen LogP contribution in [0.15, 0.2) is 0 Å². The fraction of sp³-hybridized carbons (Fsp3) is 0.923. The zero-order valence-electron chi connectivity index (χ0n) is 10.2. The molecule has 0 aromatic heterocycles. The number of carbonyl (C=O) groups excluding carboxylic acids is 1. The maximum absolute atomic E-state index is 11.3. The van der Waals surface area contributed by atoms with Crippen molar-refractivity contribution in [1.82, 2.24) is 5.32 Å². The zero-order chi connectivity index (χ0) is 11.1. The van der Waals surface area contributed by atoms with Crippen LogP contribution in [0.5, 0.6) is 0 Å². The number of nitrogens with one attached hydrogen (secondary N) is 1. The molecular formula is C13H25NO. The fourth-order valence-electron chi connectivity index (χ4n) is 2.42. The van der Waals surface area contributed by atoms with Crippen molar-refractivity contribution in [3.05, 3.63) is 0 Å². The quantitative estimate of drug-likeness (QED) is 0.743. The van der Waals surface area contributed by atoms with Gasteiger partial charge in [-0.2, -0.15) is 0 Å². The van der Waals surface area contributed by atoms with E-state index >= 15 is 0 Å². The molecule has 1 rings (SSSR count). The SMILES string of the molecule is CCCC(=O)NCC1CCC(CC)CC1. The van der Waals surface area contributed by atoms with Crippen LogP contribution in [0, 0.1) is 11.8 Å². The minimum Gasteiger partial charge on any atom is -0.356 e. The molecule has 15 heavy (non-hydrogen) atoms. The van der Waals surface area contributed by atoms with Gasteiger partial charge in [-0.3, -0.25) is 4.79 Å². The summed E-state index contributed by atoms with van der Waals surface area (Å²) in [7, 11) is 0. The molecule has 1 aliphatic rings. The first kappa shape index (κ1) is 12.5. The van der Waals surface area contributed by atoms with Gasteiger partial charge in [0.2, 0.25) is 5.91 Å². The second-order valence-electron chi connectivity index (χ2n) is 4.85. The number of hydrogen-bond donors (Lipinski definition) is 1. The Balaban J connectivity index is 2.10.